The predicted molar refractivity (Wildman–Crippen MR) is 113 cm³/mol. The van der Waals surface area contributed by atoms with E-state index in [1.807, 2.05) is 0 Å². The van der Waals surface area contributed by atoms with Crippen molar-refractivity contribution in [3.8, 4) is 0 Å². The van der Waals surface area contributed by atoms with Crippen LogP contribution in [0.15, 0.2) is 70.4 Å². The Hall–Kier alpha value is -2.99. The van der Waals surface area contributed by atoms with Crippen molar-refractivity contribution in [2.45, 2.75) is 20.0 Å². The lowest BCUT2D eigenvalue weighted by molar-refractivity contribution is 0.127. The van der Waals surface area contributed by atoms with Crippen LogP contribution in [0.2, 0.25) is 0 Å². The first-order valence-electron chi connectivity index (χ1n) is 8.24. The molecule has 27 heavy (non-hydrogen) atoms. The zero-order chi connectivity index (χ0) is 20.4. The van der Waals surface area contributed by atoms with Gasteiger partial charge in [-0.05, 0) is 31.5 Å². The molecular formula is C20H25ClN4O2. The van der Waals surface area contributed by atoms with Gasteiger partial charge >= 0.3 is 6.09 Å². The molecule has 0 aliphatic heterocycles. The third kappa shape index (κ3) is 6.67. The number of allylic oxidation sites excluding steroid dienone is 4. The number of anilines is 1. The first-order valence-corrected chi connectivity index (χ1v) is 8.62. The number of halogens is 1. The van der Waals surface area contributed by atoms with Crippen molar-refractivity contribution in [2.24, 2.45) is 10.7 Å². The van der Waals surface area contributed by atoms with Gasteiger partial charge in [0.15, 0.2) is 0 Å². The molecule has 5 N–H and O–H groups in total. The minimum Gasteiger partial charge on any atom is -0.441 e. The lowest BCUT2D eigenvalue weighted by Crippen LogP contribution is -2.30. The van der Waals surface area contributed by atoms with Gasteiger partial charge in [-0.15, -0.1) is 0 Å². The number of rotatable bonds is 7. The molecule has 0 spiro atoms. The number of aliphatic imine (C=N–C) groups is 1. The maximum absolute atomic E-state index is 12.3. The van der Waals surface area contributed by atoms with Gasteiger partial charge in [0.1, 0.15) is 6.10 Å². The molecule has 0 aromatic heterocycles. The maximum atomic E-state index is 12.3. The van der Waals surface area contributed by atoms with E-state index < -0.39 is 12.2 Å². The van der Waals surface area contributed by atoms with Crippen LogP contribution in [-0.2, 0) is 4.74 Å². The summed E-state index contributed by atoms with van der Waals surface area (Å²) in [5.41, 5.74) is 14.4. The van der Waals surface area contributed by atoms with Crippen LogP contribution in [0.5, 0.6) is 0 Å². The summed E-state index contributed by atoms with van der Waals surface area (Å²) < 4.78 is 5.41. The van der Waals surface area contributed by atoms with E-state index in [2.05, 4.69) is 16.9 Å². The zero-order valence-electron chi connectivity index (χ0n) is 15.7. The molecule has 0 fully saturated rings. The summed E-state index contributed by atoms with van der Waals surface area (Å²) in [6.45, 7) is 7.15. The van der Waals surface area contributed by atoms with E-state index in [4.69, 9.17) is 27.8 Å². The normalized spacial score (nSPS) is 14.5. The van der Waals surface area contributed by atoms with Gasteiger partial charge in [0.2, 0.25) is 0 Å². The molecule has 0 saturated carbocycles. The van der Waals surface area contributed by atoms with E-state index in [-0.39, 0.29) is 0 Å². The highest BCUT2D eigenvalue weighted by Crippen LogP contribution is 2.21. The van der Waals surface area contributed by atoms with Crippen molar-refractivity contribution in [2.75, 3.05) is 12.8 Å². The Bertz CT molecular complexity index is 793. The minimum absolute atomic E-state index is 0.311. The molecule has 0 radical (unpaired) electrons. The Morgan fingerprint density at radius 3 is 2.52 bits per heavy atom. The van der Waals surface area contributed by atoms with Crippen LogP contribution in [0.1, 0.15) is 19.4 Å². The quantitative estimate of drug-likeness (QED) is 0.373. The highest BCUT2D eigenvalue weighted by molar-refractivity contribution is 6.32. The number of hydrogen-bond donors (Lipinski definition) is 3. The molecule has 0 aliphatic rings. The Balaban J connectivity index is 3.02. The van der Waals surface area contributed by atoms with Crippen LogP contribution in [0.4, 0.5) is 10.5 Å². The number of nitrogens with zero attached hydrogens (tertiary/aromatic N) is 1. The summed E-state index contributed by atoms with van der Waals surface area (Å²) in [5.74, 6) is 0. The SMILES string of the molecule is C=C/C=C(\C(Cl)=C/C)C(C)OC(=O)N/C(C=NC)=C(/N)c1ccc(N)cc1. The van der Waals surface area contributed by atoms with Crippen LogP contribution in [0.3, 0.4) is 0 Å². The zero-order valence-corrected chi connectivity index (χ0v) is 16.5. The third-order valence-electron chi connectivity index (χ3n) is 3.56. The third-order valence-corrected chi connectivity index (χ3v) is 3.99. The van der Waals surface area contributed by atoms with Crippen LogP contribution in [0, 0.1) is 0 Å². The number of hydrogen-bond acceptors (Lipinski definition) is 5. The van der Waals surface area contributed by atoms with Gasteiger partial charge in [0, 0.05) is 29.6 Å². The fourth-order valence-corrected chi connectivity index (χ4v) is 2.40. The van der Waals surface area contributed by atoms with Crippen molar-refractivity contribution >= 4 is 35.3 Å². The molecule has 1 amide bonds. The first-order chi connectivity index (χ1) is 12.8. The highest BCUT2D eigenvalue weighted by atomic mass is 35.5. The second-order valence-electron chi connectivity index (χ2n) is 5.50. The number of nitrogens with two attached hydrogens (primary N) is 2. The standard InChI is InChI=1S/C20H25ClN4O2/c1-5-7-16(17(21)6-2)13(3)27-20(26)25-18(12-24-4)19(23)14-8-10-15(22)11-9-14/h5-13H,1,22-23H2,2-4H3,(H,25,26)/b16-7-,17-6+,19-18+,24-12?. The Kier molecular flexibility index (Phi) is 8.89. The van der Waals surface area contributed by atoms with E-state index in [1.165, 1.54) is 6.21 Å². The number of alkyl carbamates (subject to hydrolysis) is 1. The number of carbonyl (C=O) groups is 1. The van der Waals surface area contributed by atoms with Crippen molar-refractivity contribution in [1.82, 2.24) is 5.32 Å². The van der Waals surface area contributed by atoms with Gasteiger partial charge in [-0.1, -0.05) is 48.5 Å². The fraction of sp³-hybridized carbons (Fsp3) is 0.200. The van der Waals surface area contributed by atoms with Crippen molar-refractivity contribution in [1.29, 1.82) is 0 Å². The van der Waals surface area contributed by atoms with Gasteiger partial charge in [-0.3, -0.25) is 10.3 Å². The Morgan fingerprint density at radius 1 is 1.37 bits per heavy atom. The van der Waals surface area contributed by atoms with Crippen LogP contribution < -0.4 is 16.8 Å². The molecule has 1 unspecified atom stereocenters. The Morgan fingerprint density at radius 2 is 2.00 bits per heavy atom. The number of nitrogen functional groups attached to an aromatic ring is 1. The molecule has 1 aromatic rings. The van der Waals surface area contributed by atoms with E-state index in [0.29, 0.717) is 33.3 Å². The first kappa shape index (κ1) is 22.1. The molecule has 6 nitrogen and oxygen atoms in total. The summed E-state index contributed by atoms with van der Waals surface area (Å²) in [5, 5.41) is 3.09. The maximum Gasteiger partial charge on any atom is 0.412 e. The van der Waals surface area contributed by atoms with Gasteiger partial charge < -0.3 is 16.2 Å². The van der Waals surface area contributed by atoms with Crippen molar-refractivity contribution in [3.63, 3.8) is 0 Å². The molecule has 144 valence electrons. The lowest BCUT2D eigenvalue weighted by atomic mass is 10.1. The molecule has 1 aromatic carbocycles. The van der Waals surface area contributed by atoms with E-state index in [9.17, 15) is 4.79 Å². The summed E-state index contributed by atoms with van der Waals surface area (Å²) >= 11 is 6.16. The highest BCUT2D eigenvalue weighted by Gasteiger charge is 2.17. The van der Waals surface area contributed by atoms with Crippen LogP contribution >= 0.6 is 11.6 Å². The molecule has 1 atom stereocenters. The Labute approximate surface area is 164 Å². The fourth-order valence-electron chi connectivity index (χ4n) is 2.18. The minimum atomic E-state index is -0.689. The van der Waals surface area contributed by atoms with E-state index in [0.717, 1.165) is 0 Å². The average Bonchev–Trinajstić information content (AvgIpc) is 2.65. The number of amides is 1. The van der Waals surface area contributed by atoms with Crippen LogP contribution in [-0.4, -0.2) is 25.5 Å². The summed E-state index contributed by atoms with van der Waals surface area (Å²) in [4.78, 5) is 16.3. The van der Waals surface area contributed by atoms with Crippen molar-refractivity contribution in [3.05, 3.63) is 70.9 Å². The number of benzene rings is 1. The van der Waals surface area contributed by atoms with Gasteiger partial charge in [0.25, 0.3) is 0 Å². The van der Waals surface area contributed by atoms with Gasteiger partial charge in [-0.25, -0.2) is 4.79 Å². The molecular weight excluding hydrogens is 364 g/mol. The largest absolute Gasteiger partial charge is 0.441 e. The summed E-state index contributed by atoms with van der Waals surface area (Å²) in [6, 6.07) is 6.94. The number of ether oxygens (including phenoxy) is 1. The van der Waals surface area contributed by atoms with E-state index >= 15 is 0 Å². The summed E-state index contributed by atoms with van der Waals surface area (Å²) in [6.07, 6.45) is 5.14. The average molecular weight is 389 g/mol. The number of carbonyl (C=O) groups excluding carboxylic acids is 1. The molecule has 0 heterocycles. The lowest BCUT2D eigenvalue weighted by Gasteiger charge is -2.18. The number of nitrogens with one attached hydrogen (secondary N) is 1. The molecule has 7 heteroatoms. The molecule has 0 bridgehead atoms. The second kappa shape index (κ2) is 10.9. The van der Waals surface area contributed by atoms with Gasteiger partial charge in [-0.2, -0.15) is 0 Å². The second-order valence-corrected chi connectivity index (χ2v) is 5.91. The molecule has 0 saturated heterocycles. The monoisotopic (exact) mass is 388 g/mol. The predicted octanol–water partition coefficient (Wildman–Crippen LogP) is 3.97. The van der Waals surface area contributed by atoms with Crippen LogP contribution in [0.25, 0.3) is 5.70 Å². The summed E-state index contributed by atoms with van der Waals surface area (Å²) in [7, 11) is 1.57. The smallest absolute Gasteiger partial charge is 0.412 e. The molecule has 0 aliphatic carbocycles. The van der Waals surface area contributed by atoms with Gasteiger partial charge in [0.05, 0.1) is 11.4 Å². The van der Waals surface area contributed by atoms with E-state index in [1.54, 1.807) is 63.4 Å². The molecule has 1 rings (SSSR count). The topological polar surface area (TPSA) is 103 Å². The van der Waals surface area contributed by atoms with Crippen molar-refractivity contribution < 1.29 is 9.53 Å².